The molecule has 0 saturated heterocycles. The summed E-state index contributed by atoms with van der Waals surface area (Å²) in [5.41, 5.74) is 2.04. The van der Waals surface area contributed by atoms with Crippen LogP contribution < -0.4 is 10.5 Å². The highest BCUT2D eigenvalue weighted by atomic mass is 32.2. The number of fused-ring (bicyclic) bond motifs is 1. The van der Waals surface area contributed by atoms with Crippen molar-refractivity contribution < 1.29 is 8.42 Å². The summed E-state index contributed by atoms with van der Waals surface area (Å²) in [5, 5.41) is 10.8. The monoisotopic (exact) mass is 312 g/mol. The Labute approximate surface area is 129 Å². The third-order valence-corrected chi connectivity index (χ3v) is 4.47. The first kappa shape index (κ1) is 14.6. The second kappa shape index (κ2) is 5.79. The predicted octanol–water partition coefficient (Wildman–Crippen LogP) is 3.10. The van der Waals surface area contributed by atoms with Gasteiger partial charge in [-0.3, -0.25) is 0 Å². The lowest BCUT2D eigenvalue weighted by Gasteiger charge is -2.10. The Morgan fingerprint density at radius 2 is 1.55 bits per heavy atom. The lowest BCUT2D eigenvalue weighted by atomic mass is 10.0. The minimum absolute atomic E-state index is 0.114. The van der Waals surface area contributed by atoms with Crippen molar-refractivity contribution in [3.8, 4) is 0 Å². The normalized spacial score (nSPS) is 11.5. The number of primary sulfonamides is 1. The second-order valence-electron chi connectivity index (χ2n) is 5.06. The number of hydrogen-bond donors (Lipinski definition) is 2. The molecule has 0 spiro atoms. The number of anilines is 1. The van der Waals surface area contributed by atoms with Crippen molar-refractivity contribution in [3.63, 3.8) is 0 Å². The van der Waals surface area contributed by atoms with Crippen LogP contribution in [0, 0.1) is 0 Å². The number of rotatable bonds is 4. The maximum atomic E-state index is 11.2. The van der Waals surface area contributed by atoms with Gasteiger partial charge in [0.05, 0.1) is 4.90 Å². The molecule has 0 unspecified atom stereocenters. The summed E-state index contributed by atoms with van der Waals surface area (Å²) in [4.78, 5) is 0.114. The van der Waals surface area contributed by atoms with Gasteiger partial charge in [0.1, 0.15) is 0 Å². The van der Waals surface area contributed by atoms with Gasteiger partial charge in [0, 0.05) is 12.2 Å². The van der Waals surface area contributed by atoms with Gasteiger partial charge < -0.3 is 5.32 Å². The summed E-state index contributed by atoms with van der Waals surface area (Å²) >= 11 is 0. The highest BCUT2D eigenvalue weighted by Crippen LogP contribution is 2.20. The molecule has 112 valence electrons. The fourth-order valence-electron chi connectivity index (χ4n) is 2.41. The zero-order valence-corrected chi connectivity index (χ0v) is 12.7. The molecule has 0 radical (unpaired) electrons. The van der Waals surface area contributed by atoms with Gasteiger partial charge in [-0.15, -0.1) is 0 Å². The number of hydrogen-bond acceptors (Lipinski definition) is 3. The van der Waals surface area contributed by atoms with Crippen molar-refractivity contribution in [1.82, 2.24) is 0 Å². The second-order valence-corrected chi connectivity index (χ2v) is 6.62. The van der Waals surface area contributed by atoms with Crippen molar-refractivity contribution in [3.05, 3.63) is 72.3 Å². The van der Waals surface area contributed by atoms with Crippen molar-refractivity contribution in [2.45, 2.75) is 11.4 Å². The Balaban J connectivity index is 1.80. The van der Waals surface area contributed by atoms with E-state index in [0.717, 1.165) is 5.69 Å². The van der Waals surface area contributed by atoms with E-state index in [9.17, 15) is 8.42 Å². The molecule has 0 aliphatic rings. The number of sulfonamides is 1. The van der Waals surface area contributed by atoms with E-state index in [1.165, 1.54) is 28.5 Å². The van der Waals surface area contributed by atoms with Crippen LogP contribution in [0.4, 0.5) is 5.69 Å². The summed E-state index contributed by atoms with van der Waals surface area (Å²) in [7, 11) is -3.64. The fraction of sp³-hybridized carbons (Fsp3) is 0.0588. The van der Waals surface area contributed by atoms with Crippen molar-refractivity contribution in [2.24, 2.45) is 5.14 Å². The fourth-order valence-corrected chi connectivity index (χ4v) is 2.92. The first-order valence-corrected chi connectivity index (χ1v) is 8.42. The zero-order valence-electron chi connectivity index (χ0n) is 11.9. The van der Waals surface area contributed by atoms with Gasteiger partial charge in [0.15, 0.2) is 0 Å². The van der Waals surface area contributed by atoms with E-state index in [2.05, 4.69) is 29.6 Å². The summed E-state index contributed by atoms with van der Waals surface area (Å²) in [5.74, 6) is 0. The molecule has 0 bridgehead atoms. The molecule has 4 nitrogen and oxygen atoms in total. The molecule has 0 amide bonds. The minimum Gasteiger partial charge on any atom is -0.381 e. The molecule has 5 heteroatoms. The zero-order chi connectivity index (χ0) is 15.6. The number of benzene rings is 3. The highest BCUT2D eigenvalue weighted by Gasteiger charge is 2.06. The van der Waals surface area contributed by atoms with Gasteiger partial charge in [-0.05, 0) is 40.6 Å². The minimum atomic E-state index is -3.64. The van der Waals surface area contributed by atoms with Gasteiger partial charge >= 0.3 is 0 Å². The molecule has 3 N–H and O–H groups in total. The predicted molar refractivity (Wildman–Crippen MR) is 89.1 cm³/mol. The van der Waals surface area contributed by atoms with Crippen LogP contribution >= 0.6 is 0 Å². The van der Waals surface area contributed by atoms with E-state index in [1.54, 1.807) is 12.1 Å². The summed E-state index contributed by atoms with van der Waals surface area (Å²) < 4.78 is 22.5. The molecule has 3 aromatic carbocycles. The van der Waals surface area contributed by atoms with Crippen LogP contribution in [0.25, 0.3) is 10.8 Å². The van der Waals surface area contributed by atoms with Crippen LogP contribution in [0.15, 0.2) is 71.6 Å². The van der Waals surface area contributed by atoms with Gasteiger partial charge in [-0.2, -0.15) is 0 Å². The maximum Gasteiger partial charge on any atom is 0.238 e. The SMILES string of the molecule is NS(=O)(=O)c1ccc(NCc2cccc3ccccc23)cc1. The number of nitrogens with one attached hydrogen (secondary N) is 1. The van der Waals surface area contributed by atoms with Crippen molar-refractivity contribution >= 4 is 26.5 Å². The molecular formula is C17H16N2O2S. The average Bonchev–Trinajstić information content (AvgIpc) is 2.52. The van der Waals surface area contributed by atoms with Crippen LogP contribution in [0.3, 0.4) is 0 Å². The summed E-state index contributed by atoms with van der Waals surface area (Å²) in [6, 6.07) is 20.8. The Morgan fingerprint density at radius 1 is 0.864 bits per heavy atom. The van der Waals surface area contributed by atoms with Gasteiger partial charge in [0.2, 0.25) is 10.0 Å². The Bertz CT molecular complexity index is 898. The molecule has 3 aromatic rings. The first-order chi connectivity index (χ1) is 10.5. The average molecular weight is 312 g/mol. The van der Waals surface area contributed by atoms with Crippen LogP contribution in [-0.2, 0) is 16.6 Å². The van der Waals surface area contributed by atoms with E-state index >= 15 is 0 Å². The summed E-state index contributed by atoms with van der Waals surface area (Å²) in [6.45, 7) is 0.663. The van der Waals surface area contributed by atoms with Gasteiger partial charge in [-0.1, -0.05) is 42.5 Å². The summed E-state index contributed by atoms with van der Waals surface area (Å²) in [6.07, 6.45) is 0. The van der Waals surface area contributed by atoms with Crippen LogP contribution in [0.5, 0.6) is 0 Å². The maximum absolute atomic E-state index is 11.2. The third kappa shape index (κ3) is 3.10. The molecule has 0 heterocycles. The standard InChI is InChI=1S/C17H16N2O2S/c18-22(20,21)16-10-8-15(9-11-16)19-12-14-6-3-5-13-4-1-2-7-17(13)14/h1-11,19H,12H2,(H2,18,20,21). The smallest absolute Gasteiger partial charge is 0.238 e. The quantitative estimate of drug-likeness (QED) is 0.777. The van der Waals surface area contributed by atoms with Crippen LogP contribution in [-0.4, -0.2) is 8.42 Å². The van der Waals surface area contributed by atoms with E-state index < -0.39 is 10.0 Å². The Kier molecular flexibility index (Phi) is 3.83. The third-order valence-electron chi connectivity index (χ3n) is 3.55. The lowest BCUT2D eigenvalue weighted by Crippen LogP contribution is -2.12. The first-order valence-electron chi connectivity index (χ1n) is 6.87. The van der Waals surface area contributed by atoms with E-state index in [-0.39, 0.29) is 4.90 Å². The number of nitrogens with two attached hydrogens (primary N) is 1. The Hall–Kier alpha value is -2.37. The molecule has 0 aromatic heterocycles. The molecule has 0 aliphatic carbocycles. The largest absolute Gasteiger partial charge is 0.381 e. The van der Waals surface area contributed by atoms with Crippen LogP contribution in [0.2, 0.25) is 0 Å². The Morgan fingerprint density at radius 3 is 2.27 bits per heavy atom. The molecule has 0 fully saturated rings. The molecular weight excluding hydrogens is 296 g/mol. The van der Waals surface area contributed by atoms with Gasteiger partial charge in [-0.25, -0.2) is 13.6 Å². The van der Waals surface area contributed by atoms with E-state index in [4.69, 9.17) is 5.14 Å². The van der Waals surface area contributed by atoms with Crippen molar-refractivity contribution in [1.29, 1.82) is 0 Å². The topological polar surface area (TPSA) is 72.2 Å². The van der Waals surface area contributed by atoms with E-state index in [1.807, 2.05) is 18.2 Å². The van der Waals surface area contributed by atoms with Crippen molar-refractivity contribution in [2.75, 3.05) is 5.32 Å². The highest BCUT2D eigenvalue weighted by molar-refractivity contribution is 7.89. The van der Waals surface area contributed by atoms with Crippen LogP contribution in [0.1, 0.15) is 5.56 Å². The molecule has 0 aliphatic heterocycles. The molecule has 3 rings (SSSR count). The molecule has 22 heavy (non-hydrogen) atoms. The lowest BCUT2D eigenvalue weighted by molar-refractivity contribution is 0.598. The molecule has 0 atom stereocenters. The van der Waals surface area contributed by atoms with E-state index in [0.29, 0.717) is 6.54 Å². The van der Waals surface area contributed by atoms with Gasteiger partial charge in [0.25, 0.3) is 0 Å². The molecule has 0 saturated carbocycles.